The molecule has 2 aromatic rings. The normalized spacial score (nSPS) is 18.2. The van der Waals surface area contributed by atoms with E-state index in [2.05, 4.69) is 10.5 Å². The minimum absolute atomic E-state index is 0.0426. The van der Waals surface area contributed by atoms with Gasteiger partial charge in [0.15, 0.2) is 0 Å². The number of phenolic OH excluding ortho intramolecular Hbond substituents is 1. The molecule has 2 aromatic carbocycles. The van der Waals surface area contributed by atoms with Crippen LogP contribution in [0.3, 0.4) is 0 Å². The number of aromatic hydroxyl groups is 1. The third-order valence-corrected chi connectivity index (χ3v) is 7.67. The Balaban J connectivity index is 1.56. The van der Waals surface area contributed by atoms with Crippen molar-refractivity contribution in [2.24, 2.45) is 5.10 Å². The minimum atomic E-state index is -3.71. The lowest BCUT2D eigenvalue weighted by atomic mass is 10.0. The van der Waals surface area contributed by atoms with Gasteiger partial charge < -0.3 is 9.84 Å². The number of carbonyl (C=O) groups excluding carboxylic acids is 1. The molecule has 8 nitrogen and oxygen atoms in total. The van der Waals surface area contributed by atoms with Gasteiger partial charge in [-0.3, -0.25) is 4.79 Å². The first kappa shape index (κ1) is 21.8. The van der Waals surface area contributed by atoms with E-state index in [1.54, 1.807) is 13.0 Å². The summed E-state index contributed by atoms with van der Waals surface area (Å²) in [5, 5.41) is 15.2. The molecule has 2 aliphatic rings. The quantitative estimate of drug-likeness (QED) is 0.677. The highest BCUT2D eigenvalue weighted by Crippen LogP contribution is 2.37. The van der Waals surface area contributed by atoms with Crippen molar-refractivity contribution in [3.05, 3.63) is 57.6 Å². The fraction of sp³-hybridized carbons (Fsp3) is 0.333. The van der Waals surface area contributed by atoms with Gasteiger partial charge in [0.1, 0.15) is 5.75 Å². The number of amides is 1. The Labute approximate surface area is 185 Å². The summed E-state index contributed by atoms with van der Waals surface area (Å²) >= 11 is 6.27. The Morgan fingerprint density at radius 3 is 2.71 bits per heavy atom. The zero-order valence-electron chi connectivity index (χ0n) is 16.9. The van der Waals surface area contributed by atoms with E-state index < -0.39 is 15.9 Å². The van der Waals surface area contributed by atoms with Gasteiger partial charge in [0.2, 0.25) is 10.0 Å². The highest BCUT2D eigenvalue weighted by atomic mass is 35.5. The highest BCUT2D eigenvalue weighted by Gasteiger charge is 2.28. The molecule has 2 N–H and O–H groups in total. The average molecular weight is 464 g/mol. The molecular weight excluding hydrogens is 442 g/mol. The summed E-state index contributed by atoms with van der Waals surface area (Å²) in [6, 6.07) is 7.55. The Morgan fingerprint density at radius 2 is 1.97 bits per heavy atom. The number of hydrogen-bond donors (Lipinski definition) is 2. The van der Waals surface area contributed by atoms with Crippen LogP contribution in [-0.2, 0) is 21.2 Å². The third kappa shape index (κ3) is 4.18. The summed E-state index contributed by atoms with van der Waals surface area (Å²) in [4.78, 5) is 12.7. The number of morpholine rings is 1. The Bertz CT molecular complexity index is 1170. The van der Waals surface area contributed by atoms with Crippen LogP contribution in [0.25, 0.3) is 0 Å². The van der Waals surface area contributed by atoms with Crippen molar-refractivity contribution >= 4 is 33.2 Å². The standard InChI is InChI=1S/C21H22ClN3O5S/c1-13-11-17(22)16-5-6-18(19(16)20(13)26)23-24-21(27)14-3-2-4-15(12-14)31(28,29)25-7-9-30-10-8-25/h2-4,11-12,26H,5-10H2,1H3,(H,24,27)/b23-18+. The molecule has 1 aliphatic carbocycles. The maximum atomic E-state index is 12.8. The summed E-state index contributed by atoms with van der Waals surface area (Å²) < 4.78 is 32.2. The molecule has 0 saturated carbocycles. The van der Waals surface area contributed by atoms with Gasteiger partial charge in [-0.1, -0.05) is 17.7 Å². The molecule has 0 radical (unpaired) electrons. The fourth-order valence-electron chi connectivity index (χ4n) is 3.76. The van der Waals surface area contributed by atoms with E-state index in [-0.39, 0.29) is 29.3 Å². The molecule has 0 unspecified atom stereocenters. The number of hydrogen-bond acceptors (Lipinski definition) is 6. The zero-order valence-corrected chi connectivity index (χ0v) is 18.5. The summed E-state index contributed by atoms with van der Waals surface area (Å²) in [5.74, 6) is -0.443. The van der Waals surface area contributed by atoms with Crippen LogP contribution < -0.4 is 5.43 Å². The number of hydrazone groups is 1. The van der Waals surface area contributed by atoms with E-state index in [1.807, 2.05) is 0 Å². The maximum absolute atomic E-state index is 12.8. The van der Waals surface area contributed by atoms with Crippen molar-refractivity contribution in [2.45, 2.75) is 24.7 Å². The van der Waals surface area contributed by atoms with Gasteiger partial charge in [-0.2, -0.15) is 9.41 Å². The molecular formula is C21H22ClN3O5S. The second-order valence-corrected chi connectivity index (χ2v) is 9.77. The molecule has 0 bridgehead atoms. The molecule has 164 valence electrons. The molecule has 1 saturated heterocycles. The number of carbonyl (C=O) groups is 1. The summed E-state index contributed by atoms with van der Waals surface area (Å²) in [5.41, 5.74) is 5.16. The first-order chi connectivity index (χ1) is 14.8. The Hall–Kier alpha value is -2.46. The Kier molecular flexibility index (Phi) is 6.02. The van der Waals surface area contributed by atoms with Crippen LogP contribution in [0.1, 0.15) is 33.5 Å². The van der Waals surface area contributed by atoms with E-state index in [1.165, 1.54) is 28.6 Å². The lowest BCUT2D eigenvalue weighted by molar-refractivity contribution is 0.0730. The molecule has 1 amide bonds. The van der Waals surface area contributed by atoms with Crippen molar-refractivity contribution in [1.82, 2.24) is 9.73 Å². The topological polar surface area (TPSA) is 108 Å². The van der Waals surface area contributed by atoms with Gasteiger partial charge in [-0.05, 0) is 55.2 Å². The van der Waals surface area contributed by atoms with Crippen LogP contribution in [0, 0.1) is 6.92 Å². The van der Waals surface area contributed by atoms with Gasteiger partial charge in [0.05, 0.1) is 23.8 Å². The van der Waals surface area contributed by atoms with Crippen molar-refractivity contribution in [3.8, 4) is 5.75 Å². The zero-order chi connectivity index (χ0) is 22.2. The highest BCUT2D eigenvalue weighted by molar-refractivity contribution is 7.89. The number of nitrogens with one attached hydrogen (secondary N) is 1. The average Bonchev–Trinajstić information content (AvgIpc) is 3.21. The number of phenols is 1. The fourth-order valence-corrected chi connectivity index (χ4v) is 5.56. The van der Waals surface area contributed by atoms with Crippen LogP contribution in [0.4, 0.5) is 0 Å². The summed E-state index contributed by atoms with van der Waals surface area (Å²) in [7, 11) is -3.71. The van der Waals surface area contributed by atoms with Gasteiger partial charge in [0.25, 0.3) is 5.91 Å². The van der Waals surface area contributed by atoms with E-state index in [0.29, 0.717) is 47.9 Å². The molecule has 0 atom stereocenters. The number of aryl methyl sites for hydroxylation is 1. The predicted molar refractivity (Wildman–Crippen MR) is 116 cm³/mol. The van der Waals surface area contributed by atoms with Crippen LogP contribution in [0.2, 0.25) is 5.02 Å². The van der Waals surface area contributed by atoms with Crippen LogP contribution in [0.5, 0.6) is 5.75 Å². The van der Waals surface area contributed by atoms with Crippen LogP contribution >= 0.6 is 11.6 Å². The molecule has 0 spiro atoms. The molecule has 1 fully saturated rings. The van der Waals surface area contributed by atoms with E-state index >= 15 is 0 Å². The lowest BCUT2D eigenvalue weighted by Gasteiger charge is -2.26. The summed E-state index contributed by atoms with van der Waals surface area (Å²) in [6.45, 7) is 2.98. The van der Waals surface area contributed by atoms with E-state index in [0.717, 1.165) is 5.56 Å². The first-order valence-electron chi connectivity index (χ1n) is 9.85. The number of fused-ring (bicyclic) bond motifs is 1. The Morgan fingerprint density at radius 1 is 1.23 bits per heavy atom. The molecule has 4 rings (SSSR count). The van der Waals surface area contributed by atoms with Crippen molar-refractivity contribution in [1.29, 1.82) is 0 Å². The third-order valence-electron chi connectivity index (χ3n) is 5.44. The van der Waals surface area contributed by atoms with Gasteiger partial charge >= 0.3 is 0 Å². The molecule has 0 aromatic heterocycles. The first-order valence-corrected chi connectivity index (χ1v) is 11.7. The molecule has 10 heteroatoms. The van der Waals surface area contributed by atoms with Gasteiger partial charge in [0, 0.05) is 29.2 Å². The van der Waals surface area contributed by atoms with Crippen molar-refractivity contribution in [3.63, 3.8) is 0 Å². The monoisotopic (exact) mass is 463 g/mol. The molecule has 1 aliphatic heterocycles. The van der Waals surface area contributed by atoms with E-state index in [9.17, 15) is 18.3 Å². The lowest BCUT2D eigenvalue weighted by Crippen LogP contribution is -2.40. The van der Waals surface area contributed by atoms with Gasteiger partial charge in [-0.15, -0.1) is 0 Å². The van der Waals surface area contributed by atoms with Gasteiger partial charge in [-0.25, -0.2) is 13.8 Å². The van der Waals surface area contributed by atoms with Crippen LogP contribution in [-0.4, -0.2) is 55.8 Å². The number of ether oxygens (including phenoxy) is 1. The summed E-state index contributed by atoms with van der Waals surface area (Å²) in [6.07, 6.45) is 1.14. The second-order valence-electron chi connectivity index (χ2n) is 7.42. The second kappa shape index (κ2) is 8.58. The number of benzene rings is 2. The minimum Gasteiger partial charge on any atom is -0.507 e. The van der Waals surface area contributed by atoms with E-state index in [4.69, 9.17) is 16.3 Å². The molecule has 31 heavy (non-hydrogen) atoms. The maximum Gasteiger partial charge on any atom is 0.271 e. The predicted octanol–water partition coefficient (Wildman–Crippen LogP) is 2.46. The molecule has 1 heterocycles. The number of halogens is 1. The van der Waals surface area contributed by atoms with Crippen molar-refractivity contribution in [2.75, 3.05) is 26.3 Å². The van der Waals surface area contributed by atoms with Crippen LogP contribution in [0.15, 0.2) is 40.3 Å². The smallest absolute Gasteiger partial charge is 0.271 e. The SMILES string of the molecule is Cc1cc(Cl)c2c(c1O)/C(=N/NC(=O)c1cccc(S(=O)(=O)N3CCOCC3)c1)CC2. The number of rotatable bonds is 4. The number of nitrogens with zero attached hydrogens (tertiary/aromatic N) is 2. The number of sulfonamides is 1. The van der Waals surface area contributed by atoms with Crippen molar-refractivity contribution < 1.29 is 23.1 Å². The largest absolute Gasteiger partial charge is 0.507 e.